The summed E-state index contributed by atoms with van der Waals surface area (Å²) in [5.74, 6) is 2.05. The fourth-order valence-corrected chi connectivity index (χ4v) is 2.47. The number of carbonyl (C=O) groups is 1. The standard InChI is InChI=1S/C14H18O6.C11H16O4/c1-16-9-19-12-6-4-11(5-7-14(15)18-3)8-13(12)20-10-17-2;1-9-4-10(14-7-12-2)6-11(5-9)15-8-13-3/h4-8H,9-10H2,1-3H3;4-6H,7-8H2,1-3H3/b7-5+;. The van der Waals surface area contributed by atoms with Gasteiger partial charge in [0.25, 0.3) is 0 Å². The van der Waals surface area contributed by atoms with Crippen molar-refractivity contribution in [3.63, 3.8) is 0 Å². The van der Waals surface area contributed by atoms with Gasteiger partial charge in [-0.15, -0.1) is 0 Å². The SMILES string of the molecule is COCOc1cc(C)cc(OCOC)c1.COCOc1ccc(/C=C/C(=O)OC)cc1OCOC. The third-order valence-corrected chi connectivity index (χ3v) is 3.96. The number of benzene rings is 2. The highest BCUT2D eigenvalue weighted by atomic mass is 16.7. The molecule has 0 aliphatic heterocycles. The Bertz CT molecular complexity index is 872. The van der Waals surface area contributed by atoms with Gasteiger partial charge < -0.3 is 42.6 Å². The Balaban J connectivity index is 0.000000365. The first kappa shape index (κ1) is 29.7. The second-order valence-corrected chi connectivity index (χ2v) is 6.75. The number of ether oxygens (including phenoxy) is 9. The summed E-state index contributed by atoms with van der Waals surface area (Å²) in [6.07, 6.45) is 2.94. The summed E-state index contributed by atoms with van der Waals surface area (Å²) >= 11 is 0. The maximum Gasteiger partial charge on any atom is 0.330 e. The van der Waals surface area contributed by atoms with Crippen molar-refractivity contribution in [3.8, 4) is 23.0 Å². The van der Waals surface area contributed by atoms with Gasteiger partial charge in [-0.1, -0.05) is 6.07 Å². The van der Waals surface area contributed by atoms with E-state index in [1.807, 2.05) is 19.1 Å². The Kier molecular flexibility index (Phi) is 15.3. The van der Waals surface area contributed by atoms with E-state index in [1.54, 1.807) is 44.6 Å². The van der Waals surface area contributed by atoms with Crippen LogP contribution in [-0.4, -0.2) is 68.7 Å². The number of aryl methyl sites for hydroxylation is 1. The largest absolute Gasteiger partial charge is 0.467 e. The number of methoxy groups -OCH3 is 5. The van der Waals surface area contributed by atoms with Crippen LogP contribution in [0, 0.1) is 6.92 Å². The van der Waals surface area contributed by atoms with Crippen LogP contribution in [0.2, 0.25) is 0 Å². The molecule has 2 aromatic rings. The van der Waals surface area contributed by atoms with Gasteiger partial charge in [0.2, 0.25) is 0 Å². The summed E-state index contributed by atoms with van der Waals surface area (Å²) in [6, 6.07) is 10.9. The van der Waals surface area contributed by atoms with E-state index in [0.29, 0.717) is 11.5 Å². The number of hydrogen-bond acceptors (Lipinski definition) is 10. The minimum Gasteiger partial charge on any atom is -0.467 e. The van der Waals surface area contributed by atoms with E-state index in [0.717, 1.165) is 22.6 Å². The molecule has 0 N–H and O–H groups in total. The maximum absolute atomic E-state index is 11.0. The number of esters is 1. The molecule has 0 saturated heterocycles. The summed E-state index contributed by atoms with van der Waals surface area (Å²) in [5, 5.41) is 0. The molecule has 194 valence electrons. The van der Waals surface area contributed by atoms with E-state index in [1.165, 1.54) is 27.4 Å². The first-order valence-electron chi connectivity index (χ1n) is 10.5. The highest BCUT2D eigenvalue weighted by Crippen LogP contribution is 2.29. The highest BCUT2D eigenvalue weighted by Gasteiger charge is 2.06. The molecule has 2 rings (SSSR count). The predicted octanol–water partition coefficient (Wildman–Crippen LogP) is 3.80. The minimum atomic E-state index is -0.427. The second kappa shape index (κ2) is 18.1. The van der Waals surface area contributed by atoms with Crippen molar-refractivity contribution >= 4 is 12.0 Å². The van der Waals surface area contributed by atoms with Gasteiger partial charge in [0.15, 0.2) is 38.7 Å². The lowest BCUT2D eigenvalue weighted by Crippen LogP contribution is -2.04. The zero-order chi connectivity index (χ0) is 25.9. The van der Waals surface area contributed by atoms with Gasteiger partial charge in [-0.3, -0.25) is 0 Å². The Hall–Kier alpha value is -3.31. The van der Waals surface area contributed by atoms with Crippen LogP contribution in [-0.2, 0) is 28.5 Å². The van der Waals surface area contributed by atoms with E-state index in [2.05, 4.69) is 4.74 Å². The third-order valence-electron chi connectivity index (χ3n) is 3.96. The molecule has 0 heterocycles. The van der Waals surface area contributed by atoms with Gasteiger partial charge >= 0.3 is 5.97 Å². The normalized spacial score (nSPS) is 10.3. The van der Waals surface area contributed by atoms with Crippen LogP contribution in [0.3, 0.4) is 0 Å². The molecule has 10 heteroatoms. The van der Waals surface area contributed by atoms with Crippen LogP contribution < -0.4 is 18.9 Å². The second-order valence-electron chi connectivity index (χ2n) is 6.75. The lowest BCUT2D eigenvalue weighted by atomic mass is 10.2. The van der Waals surface area contributed by atoms with Crippen LogP contribution in [0.15, 0.2) is 42.5 Å². The molecular formula is C25H34O10. The van der Waals surface area contributed by atoms with Gasteiger partial charge in [0.05, 0.1) is 7.11 Å². The smallest absolute Gasteiger partial charge is 0.330 e. The molecule has 0 spiro atoms. The molecule has 0 bridgehead atoms. The van der Waals surface area contributed by atoms with Crippen molar-refractivity contribution < 1.29 is 47.4 Å². The maximum atomic E-state index is 11.0. The predicted molar refractivity (Wildman–Crippen MR) is 129 cm³/mol. The molecule has 0 radical (unpaired) electrons. The van der Waals surface area contributed by atoms with Crippen LogP contribution in [0.1, 0.15) is 11.1 Å². The third kappa shape index (κ3) is 12.6. The summed E-state index contributed by atoms with van der Waals surface area (Å²) in [5.41, 5.74) is 1.83. The van der Waals surface area contributed by atoms with Gasteiger partial charge in [0, 0.05) is 40.6 Å². The molecule has 0 atom stereocenters. The highest BCUT2D eigenvalue weighted by molar-refractivity contribution is 5.87. The zero-order valence-corrected chi connectivity index (χ0v) is 21.0. The molecule has 10 nitrogen and oxygen atoms in total. The van der Waals surface area contributed by atoms with Crippen molar-refractivity contribution in [1.29, 1.82) is 0 Å². The summed E-state index contributed by atoms with van der Waals surface area (Å²) in [4.78, 5) is 11.0. The zero-order valence-electron chi connectivity index (χ0n) is 21.0. The molecule has 0 fully saturated rings. The lowest BCUT2D eigenvalue weighted by molar-refractivity contribution is -0.134. The topological polar surface area (TPSA) is 100 Å². The quantitative estimate of drug-likeness (QED) is 0.219. The fourth-order valence-electron chi connectivity index (χ4n) is 2.47. The van der Waals surface area contributed by atoms with Gasteiger partial charge in [-0.2, -0.15) is 0 Å². The van der Waals surface area contributed by atoms with Gasteiger partial charge in [-0.25, -0.2) is 4.79 Å². The molecule has 0 aliphatic rings. The van der Waals surface area contributed by atoms with E-state index >= 15 is 0 Å². The van der Waals surface area contributed by atoms with Gasteiger partial charge in [0.1, 0.15) is 11.5 Å². The Morgan fingerprint density at radius 2 is 1.20 bits per heavy atom. The monoisotopic (exact) mass is 494 g/mol. The van der Waals surface area contributed by atoms with Crippen LogP contribution in [0.25, 0.3) is 6.08 Å². The molecule has 2 aromatic carbocycles. The average Bonchev–Trinajstić information content (AvgIpc) is 2.87. The molecule has 0 aromatic heterocycles. The Labute approximate surface area is 206 Å². The molecule has 0 saturated carbocycles. The number of carbonyl (C=O) groups excluding carboxylic acids is 1. The molecule has 35 heavy (non-hydrogen) atoms. The summed E-state index contributed by atoms with van der Waals surface area (Å²) < 4.78 is 45.3. The molecule has 0 aliphatic carbocycles. The van der Waals surface area contributed by atoms with Crippen molar-refractivity contribution in [3.05, 3.63) is 53.6 Å². The molecule has 0 unspecified atom stereocenters. The van der Waals surface area contributed by atoms with Crippen LogP contribution >= 0.6 is 0 Å². The first-order chi connectivity index (χ1) is 17.0. The van der Waals surface area contributed by atoms with E-state index in [4.69, 9.17) is 37.9 Å². The lowest BCUT2D eigenvalue weighted by Gasteiger charge is -2.12. The van der Waals surface area contributed by atoms with Crippen molar-refractivity contribution in [2.24, 2.45) is 0 Å². The molecular weight excluding hydrogens is 460 g/mol. The van der Waals surface area contributed by atoms with E-state index in [-0.39, 0.29) is 27.2 Å². The van der Waals surface area contributed by atoms with E-state index in [9.17, 15) is 4.79 Å². The van der Waals surface area contributed by atoms with Crippen molar-refractivity contribution in [2.75, 3.05) is 62.7 Å². The number of rotatable bonds is 14. The summed E-state index contributed by atoms with van der Waals surface area (Å²) in [7, 11) is 7.54. The fraction of sp³-hybridized carbons (Fsp3) is 0.400. The minimum absolute atomic E-state index is 0.0908. The first-order valence-corrected chi connectivity index (χ1v) is 10.5. The van der Waals surface area contributed by atoms with E-state index < -0.39 is 5.97 Å². The van der Waals surface area contributed by atoms with Crippen LogP contribution in [0.5, 0.6) is 23.0 Å². The van der Waals surface area contributed by atoms with Gasteiger partial charge in [-0.05, 0) is 48.4 Å². The molecule has 0 amide bonds. The van der Waals surface area contributed by atoms with Crippen molar-refractivity contribution in [2.45, 2.75) is 6.92 Å². The summed E-state index contributed by atoms with van der Waals surface area (Å²) in [6.45, 7) is 2.63. The Morgan fingerprint density at radius 3 is 1.71 bits per heavy atom. The van der Waals surface area contributed by atoms with Crippen molar-refractivity contribution in [1.82, 2.24) is 0 Å². The average molecular weight is 495 g/mol. The number of hydrogen-bond donors (Lipinski definition) is 0. The Morgan fingerprint density at radius 1 is 0.686 bits per heavy atom. The van der Waals surface area contributed by atoms with Crippen LogP contribution in [0.4, 0.5) is 0 Å².